The van der Waals surface area contributed by atoms with E-state index in [0.29, 0.717) is 11.7 Å². The average molecular weight is 309 g/mol. The lowest BCUT2D eigenvalue weighted by atomic mass is 9.87. The van der Waals surface area contributed by atoms with Crippen LogP contribution in [0.2, 0.25) is 0 Å². The van der Waals surface area contributed by atoms with Crippen LogP contribution >= 0.6 is 0 Å². The average Bonchev–Trinajstić information content (AvgIpc) is 3.05. The number of esters is 1. The van der Waals surface area contributed by atoms with Crippen molar-refractivity contribution in [3.63, 3.8) is 0 Å². The van der Waals surface area contributed by atoms with Crippen LogP contribution in [0.4, 0.5) is 0 Å². The van der Waals surface area contributed by atoms with Crippen LogP contribution in [-0.4, -0.2) is 11.9 Å². The number of ether oxygens (including phenoxy) is 1. The second kappa shape index (κ2) is 5.54. The zero-order chi connectivity index (χ0) is 16.6. The zero-order valence-corrected chi connectivity index (χ0v) is 13.7. The first-order valence-electron chi connectivity index (χ1n) is 7.53. The van der Waals surface area contributed by atoms with Crippen LogP contribution in [0, 0.1) is 6.92 Å². The van der Waals surface area contributed by atoms with Gasteiger partial charge in [-0.05, 0) is 42.2 Å². The summed E-state index contributed by atoms with van der Waals surface area (Å²) in [5.41, 5.74) is 2.32. The predicted molar refractivity (Wildman–Crippen MR) is 89.2 cm³/mol. The highest BCUT2D eigenvalue weighted by molar-refractivity contribution is 6.12. The normalized spacial score (nSPS) is 16.6. The Morgan fingerprint density at radius 1 is 1.04 bits per heavy atom. The van der Waals surface area contributed by atoms with E-state index < -0.39 is 5.97 Å². The minimum absolute atomic E-state index is 0.0783. The van der Waals surface area contributed by atoms with Crippen LogP contribution in [0.3, 0.4) is 0 Å². The summed E-state index contributed by atoms with van der Waals surface area (Å²) in [6, 6.07) is 11.5. The Balaban J connectivity index is 1.88. The highest BCUT2D eigenvalue weighted by atomic mass is 16.6. The van der Waals surface area contributed by atoms with Gasteiger partial charge in [-0.2, -0.15) is 0 Å². The fraction of sp³-hybridized carbons (Fsp3) is 0.263. The van der Waals surface area contributed by atoms with E-state index in [9.17, 15) is 4.79 Å². The number of cyclic esters (lactones) is 1. The molecule has 1 aromatic carbocycles. The largest absolute Gasteiger partial charge is 0.462 e. The molecule has 0 amide bonds. The summed E-state index contributed by atoms with van der Waals surface area (Å²) in [6.07, 6.45) is 1.59. The van der Waals surface area contributed by atoms with E-state index in [1.165, 1.54) is 5.56 Å². The predicted octanol–water partition coefficient (Wildman–Crippen LogP) is 4.23. The molecule has 118 valence electrons. The Bertz CT molecular complexity index is 802. The van der Waals surface area contributed by atoms with Gasteiger partial charge < -0.3 is 9.15 Å². The quantitative estimate of drug-likeness (QED) is 0.616. The number of furan rings is 1. The van der Waals surface area contributed by atoms with Gasteiger partial charge in [-0.25, -0.2) is 9.79 Å². The van der Waals surface area contributed by atoms with Gasteiger partial charge in [0.2, 0.25) is 5.90 Å². The molecular formula is C19H19NO3. The van der Waals surface area contributed by atoms with Crippen molar-refractivity contribution in [3.8, 4) is 0 Å². The number of carbonyl (C=O) groups is 1. The second-order valence-electron chi connectivity index (χ2n) is 6.61. The summed E-state index contributed by atoms with van der Waals surface area (Å²) in [5, 5.41) is 0. The first-order chi connectivity index (χ1) is 10.8. The number of hydrogen-bond donors (Lipinski definition) is 0. The Morgan fingerprint density at radius 3 is 2.30 bits per heavy atom. The van der Waals surface area contributed by atoms with Gasteiger partial charge in [-0.1, -0.05) is 32.9 Å². The molecule has 0 spiro atoms. The molecule has 2 heterocycles. The van der Waals surface area contributed by atoms with E-state index in [-0.39, 0.29) is 11.1 Å². The monoisotopic (exact) mass is 309 g/mol. The van der Waals surface area contributed by atoms with Gasteiger partial charge in [-0.15, -0.1) is 0 Å². The summed E-state index contributed by atoms with van der Waals surface area (Å²) in [4.78, 5) is 16.2. The van der Waals surface area contributed by atoms with Gasteiger partial charge in [0.1, 0.15) is 11.5 Å². The highest BCUT2D eigenvalue weighted by Crippen LogP contribution is 2.24. The van der Waals surface area contributed by atoms with Crippen LogP contribution in [-0.2, 0) is 14.9 Å². The molecule has 0 N–H and O–H groups in total. The number of aryl methyl sites for hydroxylation is 1. The standard InChI is InChI=1S/C19H19NO3/c1-12-5-10-15(22-12)11-16-18(21)23-17(20-16)13-6-8-14(9-7-13)19(2,3)4/h5-11H,1-4H3/b16-11-. The van der Waals surface area contributed by atoms with Crippen LogP contribution in [0.15, 0.2) is 51.5 Å². The molecule has 0 radical (unpaired) electrons. The van der Waals surface area contributed by atoms with Crippen molar-refractivity contribution in [2.24, 2.45) is 4.99 Å². The van der Waals surface area contributed by atoms with Crippen molar-refractivity contribution in [3.05, 3.63) is 64.7 Å². The van der Waals surface area contributed by atoms with Gasteiger partial charge in [0.15, 0.2) is 5.70 Å². The summed E-state index contributed by atoms with van der Waals surface area (Å²) in [5.74, 6) is 1.23. The molecule has 4 heteroatoms. The van der Waals surface area contributed by atoms with Gasteiger partial charge in [0.05, 0.1) is 0 Å². The fourth-order valence-corrected chi connectivity index (χ4v) is 2.31. The number of benzene rings is 1. The van der Waals surface area contributed by atoms with Crippen LogP contribution < -0.4 is 0 Å². The van der Waals surface area contributed by atoms with E-state index in [0.717, 1.165) is 11.3 Å². The molecule has 1 aliphatic rings. The van der Waals surface area contributed by atoms with Crippen molar-refractivity contribution in [2.75, 3.05) is 0 Å². The number of hydrogen-bond acceptors (Lipinski definition) is 4. The molecule has 3 rings (SSSR count). The van der Waals surface area contributed by atoms with Crippen molar-refractivity contribution >= 4 is 17.9 Å². The first-order valence-corrected chi connectivity index (χ1v) is 7.53. The molecule has 0 saturated carbocycles. The van der Waals surface area contributed by atoms with Crippen LogP contribution in [0.5, 0.6) is 0 Å². The third-order valence-corrected chi connectivity index (χ3v) is 3.66. The molecule has 4 nitrogen and oxygen atoms in total. The minimum atomic E-state index is -0.464. The van der Waals surface area contributed by atoms with Crippen LogP contribution in [0.25, 0.3) is 6.08 Å². The molecule has 0 aliphatic carbocycles. The van der Waals surface area contributed by atoms with E-state index in [2.05, 4.69) is 25.8 Å². The fourth-order valence-electron chi connectivity index (χ4n) is 2.31. The molecule has 23 heavy (non-hydrogen) atoms. The Hall–Kier alpha value is -2.62. The summed E-state index contributed by atoms with van der Waals surface area (Å²) in [6.45, 7) is 8.31. The SMILES string of the molecule is Cc1ccc(/C=C2\N=C(c3ccc(C(C)(C)C)cc3)OC2=O)o1. The van der Waals surface area contributed by atoms with Gasteiger partial charge >= 0.3 is 5.97 Å². The Morgan fingerprint density at radius 2 is 1.74 bits per heavy atom. The molecule has 0 atom stereocenters. The van der Waals surface area contributed by atoms with E-state index >= 15 is 0 Å². The van der Waals surface area contributed by atoms with Crippen molar-refractivity contribution < 1.29 is 13.9 Å². The molecule has 0 unspecified atom stereocenters. The Labute approximate surface area is 135 Å². The maximum Gasteiger partial charge on any atom is 0.363 e. The maximum atomic E-state index is 11.9. The highest BCUT2D eigenvalue weighted by Gasteiger charge is 2.25. The Kier molecular flexibility index (Phi) is 3.68. The lowest BCUT2D eigenvalue weighted by Gasteiger charge is -2.18. The minimum Gasteiger partial charge on any atom is -0.462 e. The number of nitrogens with zero attached hydrogens (tertiary/aromatic N) is 1. The summed E-state index contributed by atoms with van der Waals surface area (Å²) < 4.78 is 10.7. The van der Waals surface area contributed by atoms with Crippen molar-refractivity contribution in [1.82, 2.24) is 0 Å². The van der Waals surface area contributed by atoms with E-state index in [1.807, 2.05) is 37.3 Å². The van der Waals surface area contributed by atoms with E-state index in [4.69, 9.17) is 9.15 Å². The number of carbonyl (C=O) groups excluding carboxylic acids is 1. The molecule has 2 aromatic rings. The van der Waals surface area contributed by atoms with Gasteiger partial charge in [-0.3, -0.25) is 0 Å². The summed E-state index contributed by atoms with van der Waals surface area (Å²) >= 11 is 0. The first kappa shape index (κ1) is 15.3. The smallest absolute Gasteiger partial charge is 0.363 e. The third-order valence-electron chi connectivity index (χ3n) is 3.66. The molecule has 0 fully saturated rings. The number of aliphatic imine (C=N–C) groups is 1. The lowest BCUT2D eigenvalue weighted by Crippen LogP contribution is -2.11. The molecule has 1 aliphatic heterocycles. The summed E-state index contributed by atoms with van der Waals surface area (Å²) in [7, 11) is 0. The van der Waals surface area contributed by atoms with Crippen molar-refractivity contribution in [2.45, 2.75) is 33.1 Å². The van der Waals surface area contributed by atoms with E-state index in [1.54, 1.807) is 12.1 Å². The van der Waals surface area contributed by atoms with Gasteiger partial charge in [0, 0.05) is 11.6 Å². The third kappa shape index (κ3) is 3.26. The molecule has 1 aromatic heterocycles. The number of rotatable bonds is 2. The maximum absolute atomic E-state index is 11.9. The molecule has 0 bridgehead atoms. The van der Waals surface area contributed by atoms with Crippen LogP contribution in [0.1, 0.15) is 43.4 Å². The zero-order valence-electron chi connectivity index (χ0n) is 13.7. The van der Waals surface area contributed by atoms with Gasteiger partial charge in [0.25, 0.3) is 0 Å². The van der Waals surface area contributed by atoms with Crippen molar-refractivity contribution in [1.29, 1.82) is 0 Å². The molecule has 0 saturated heterocycles. The lowest BCUT2D eigenvalue weighted by molar-refractivity contribution is -0.129. The second-order valence-corrected chi connectivity index (χ2v) is 6.61. The topological polar surface area (TPSA) is 51.8 Å². The molecular weight excluding hydrogens is 290 g/mol.